The van der Waals surface area contributed by atoms with E-state index in [0.29, 0.717) is 5.92 Å². The molecule has 1 heterocycles. The molecular weight excluding hydrogens is 236 g/mol. The van der Waals surface area contributed by atoms with Gasteiger partial charge in [-0.05, 0) is 62.8 Å². The Morgan fingerprint density at radius 3 is 2.32 bits per heavy atom. The van der Waals surface area contributed by atoms with Crippen molar-refractivity contribution >= 4 is 0 Å². The number of aromatic nitrogens is 3. The van der Waals surface area contributed by atoms with Gasteiger partial charge in [0.15, 0.2) is 5.82 Å². The van der Waals surface area contributed by atoms with Crippen molar-refractivity contribution in [3.05, 3.63) is 11.6 Å². The van der Waals surface area contributed by atoms with Crippen molar-refractivity contribution in [2.75, 3.05) is 7.05 Å². The van der Waals surface area contributed by atoms with Crippen molar-refractivity contribution in [2.24, 2.45) is 30.7 Å². The molecule has 0 atom stereocenters. The molecule has 4 aliphatic carbocycles. The van der Waals surface area contributed by atoms with Crippen molar-refractivity contribution in [3.63, 3.8) is 0 Å². The van der Waals surface area contributed by atoms with Crippen LogP contribution in [0, 0.1) is 23.7 Å². The molecule has 0 amide bonds. The molecule has 104 valence electrons. The van der Waals surface area contributed by atoms with Crippen LogP contribution in [0.4, 0.5) is 0 Å². The van der Waals surface area contributed by atoms with Gasteiger partial charge in [0.2, 0.25) is 0 Å². The summed E-state index contributed by atoms with van der Waals surface area (Å²) >= 11 is 0. The van der Waals surface area contributed by atoms with E-state index in [1.807, 2.05) is 18.8 Å². The zero-order chi connectivity index (χ0) is 13.0. The van der Waals surface area contributed by atoms with E-state index in [1.165, 1.54) is 32.1 Å². The first-order valence-electron chi connectivity index (χ1n) is 7.79. The molecule has 4 aliphatic rings. The molecule has 19 heavy (non-hydrogen) atoms. The van der Waals surface area contributed by atoms with Crippen molar-refractivity contribution in [3.8, 4) is 0 Å². The predicted molar refractivity (Wildman–Crippen MR) is 73.6 cm³/mol. The molecule has 0 aliphatic heterocycles. The lowest BCUT2D eigenvalue weighted by Crippen LogP contribution is -2.44. The van der Waals surface area contributed by atoms with Gasteiger partial charge < -0.3 is 5.32 Å². The fourth-order valence-corrected chi connectivity index (χ4v) is 5.24. The zero-order valence-electron chi connectivity index (χ0n) is 12.0. The summed E-state index contributed by atoms with van der Waals surface area (Å²) < 4.78 is 1.97. The number of hydrogen-bond donors (Lipinski definition) is 1. The Kier molecular flexibility index (Phi) is 2.69. The summed E-state index contributed by atoms with van der Waals surface area (Å²) in [5.74, 6) is 6.68. The molecule has 5 rings (SSSR count). The van der Waals surface area contributed by atoms with E-state index < -0.39 is 0 Å². The molecule has 0 saturated heterocycles. The molecule has 0 spiro atoms. The van der Waals surface area contributed by atoms with E-state index in [1.54, 1.807) is 0 Å². The molecule has 1 N–H and O–H groups in total. The number of nitrogens with one attached hydrogen (secondary N) is 1. The van der Waals surface area contributed by atoms with Gasteiger partial charge in [-0.15, -0.1) is 0 Å². The standard InChI is InChI=1S/C15H24N4/c1-16-8-13-17-15(18-19(13)2)14-11-4-9-3-10(6-11)7-12(14)5-9/h9-12,14,16H,3-8H2,1-2H3. The van der Waals surface area contributed by atoms with E-state index >= 15 is 0 Å². The highest BCUT2D eigenvalue weighted by Crippen LogP contribution is 2.59. The number of nitrogens with zero attached hydrogens (tertiary/aromatic N) is 3. The Hall–Kier alpha value is -0.900. The summed E-state index contributed by atoms with van der Waals surface area (Å²) in [4.78, 5) is 4.83. The van der Waals surface area contributed by atoms with Crippen LogP contribution in [0.5, 0.6) is 0 Å². The van der Waals surface area contributed by atoms with Crippen molar-refractivity contribution in [1.29, 1.82) is 0 Å². The first-order chi connectivity index (χ1) is 9.24. The Balaban J connectivity index is 1.63. The summed E-state index contributed by atoms with van der Waals surface area (Å²) in [6.07, 6.45) is 7.28. The summed E-state index contributed by atoms with van der Waals surface area (Å²) in [7, 11) is 4.00. The van der Waals surface area contributed by atoms with Crippen molar-refractivity contribution < 1.29 is 0 Å². The minimum atomic E-state index is 0.657. The molecule has 4 fully saturated rings. The minimum Gasteiger partial charge on any atom is -0.313 e. The second-order valence-corrected chi connectivity index (χ2v) is 7.00. The third-order valence-electron chi connectivity index (χ3n) is 5.73. The molecule has 4 saturated carbocycles. The van der Waals surface area contributed by atoms with Gasteiger partial charge in [-0.1, -0.05) is 0 Å². The van der Waals surface area contributed by atoms with Crippen LogP contribution in [-0.4, -0.2) is 21.8 Å². The van der Waals surface area contributed by atoms with Gasteiger partial charge in [0.1, 0.15) is 5.82 Å². The van der Waals surface area contributed by atoms with Gasteiger partial charge in [-0.25, -0.2) is 4.98 Å². The van der Waals surface area contributed by atoms with Crippen LogP contribution in [-0.2, 0) is 13.6 Å². The Morgan fingerprint density at radius 1 is 1.11 bits per heavy atom. The monoisotopic (exact) mass is 260 g/mol. The van der Waals surface area contributed by atoms with Gasteiger partial charge in [0.05, 0.1) is 6.54 Å². The van der Waals surface area contributed by atoms with Crippen molar-refractivity contribution in [1.82, 2.24) is 20.1 Å². The van der Waals surface area contributed by atoms with Crippen LogP contribution in [0.1, 0.15) is 49.7 Å². The zero-order valence-corrected chi connectivity index (χ0v) is 12.0. The number of hydrogen-bond acceptors (Lipinski definition) is 3. The van der Waals surface area contributed by atoms with Crippen LogP contribution in [0.25, 0.3) is 0 Å². The first kappa shape index (κ1) is 11.9. The van der Waals surface area contributed by atoms with Gasteiger partial charge in [-0.3, -0.25) is 4.68 Å². The molecule has 0 radical (unpaired) electrons. The normalized spacial score (nSPS) is 40.0. The van der Waals surface area contributed by atoms with Crippen LogP contribution in [0.2, 0.25) is 0 Å². The Bertz CT molecular complexity index is 450. The van der Waals surface area contributed by atoms with Crippen LogP contribution in [0.3, 0.4) is 0 Å². The average Bonchev–Trinajstić information content (AvgIpc) is 2.70. The Morgan fingerprint density at radius 2 is 1.74 bits per heavy atom. The highest BCUT2D eigenvalue weighted by Gasteiger charge is 2.49. The molecule has 0 unspecified atom stereocenters. The second-order valence-electron chi connectivity index (χ2n) is 7.00. The summed E-state index contributed by atoms with van der Waals surface area (Å²) in [6.45, 7) is 0.816. The fraction of sp³-hybridized carbons (Fsp3) is 0.867. The molecule has 0 aromatic carbocycles. The van der Waals surface area contributed by atoms with Crippen molar-refractivity contribution in [2.45, 2.75) is 44.6 Å². The van der Waals surface area contributed by atoms with E-state index in [2.05, 4.69) is 5.32 Å². The van der Waals surface area contributed by atoms with E-state index in [9.17, 15) is 0 Å². The highest BCUT2D eigenvalue weighted by molar-refractivity contribution is 5.11. The Labute approximate surface area is 115 Å². The average molecular weight is 260 g/mol. The quantitative estimate of drug-likeness (QED) is 0.904. The number of rotatable bonds is 3. The summed E-state index contributed by atoms with van der Waals surface area (Å²) in [6, 6.07) is 0. The molecule has 4 heteroatoms. The van der Waals surface area contributed by atoms with Gasteiger partial charge in [-0.2, -0.15) is 5.10 Å². The fourth-order valence-electron chi connectivity index (χ4n) is 5.24. The molecule has 4 nitrogen and oxygen atoms in total. The maximum absolute atomic E-state index is 4.83. The van der Waals surface area contributed by atoms with Gasteiger partial charge in [0, 0.05) is 13.0 Å². The molecular formula is C15H24N4. The van der Waals surface area contributed by atoms with Gasteiger partial charge >= 0.3 is 0 Å². The second kappa shape index (κ2) is 4.30. The highest BCUT2D eigenvalue weighted by atomic mass is 15.3. The van der Waals surface area contributed by atoms with Crippen LogP contribution < -0.4 is 5.32 Å². The lowest BCUT2D eigenvalue weighted by molar-refractivity contribution is -0.00566. The SMILES string of the molecule is CNCc1nc(C2C3CC4CC(C3)CC2C4)nn1C. The lowest BCUT2D eigenvalue weighted by Gasteiger charge is -2.53. The molecule has 1 aromatic rings. The third kappa shape index (κ3) is 1.83. The van der Waals surface area contributed by atoms with Gasteiger partial charge in [0.25, 0.3) is 0 Å². The maximum Gasteiger partial charge on any atom is 0.154 e. The topological polar surface area (TPSA) is 42.7 Å². The smallest absolute Gasteiger partial charge is 0.154 e. The van der Waals surface area contributed by atoms with Crippen LogP contribution in [0.15, 0.2) is 0 Å². The molecule has 1 aromatic heterocycles. The van der Waals surface area contributed by atoms with E-state index in [4.69, 9.17) is 10.1 Å². The largest absolute Gasteiger partial charge is 0.313 e. The van der Waals surface area contributed by atoms with E-state index in [-0.39, 0.29) is 0 Å². The summed E-state index contributed by atoms with van der Waals surface area (Å²) in [5, 5.41) is 7.92. The predicted octanol–water partition coefficient (Wildman–Crippen LogP) is 2.07. The third-order valence-corrected chi connectivity index (χ3v) is 5.73. The van der Waals surface area contributed by atoms with E-state index in [0.717, 1.165) is 41.9 Å². The first-order valence-corrected chi connectivity index (χ1v) is 7.79. The maximum atomic E-state index is 4.83. The summed E-state index contributed by atoms with van der Waals surface area (Å²) in [5.41, 5.74) is 0. The molecule has 4 bridgehead atoms. The van der Waals surface area contributed by atoms with Crippen LogP contribution >= 0.6 is 0 Å². The number of aryl methyl sites for hydroxylation is 1. The minimum absolute atomic E-state index is 0.657. The lowest BCUT2D eigenvalue weighted by atomic mass is 9.52.